The summed E-state index contributed by atoms with van der Waals surface area (Å²) in [5.41, 5.74) is 2.54. The Labute approximate surface area is 114 Å². The molecule has 0 heterocycles. The van der Waals surface area contributed by atoms with E-state index in [0.29, 0.717) is 5.75 Å². The molecule has 0 amide bonds. The van der Waals surface area contributed by atoms with Crippen LogP contribution in [0.4, 0.5) is 0 Å². The molecule has 14 heavy (non-hydrogen) atoms. The largest absolute Gasteiger partial charge is 1.00 e. The Bertz CT molecular complexity index is 248. The Hall–Kier alpha value is 0.530. The van der Waals surface area contributed by atoms with Gasteiger partial charge in [0, 0.05) is 6.10 Å². The summed E-state index contributed by atoms with van der Waals surface area (Å²) in [6.07, 6.45) is 1.36. The summed E-state index contributed by atoms with van der Waals surface area (Å²) >= 11 is 4.76. The first-order chi connectivity index (χ1) is 6.22. The summed E-state index contributed by atoms with van der Waals surface area (Å²) < 4.78 is 0. The molecule has 0 aliphatic carbocycles. The van der Waals surface area contributed by atoms with Gasteiger partial charge in [-0.15, -0.1) is 5.75 Å². The van der Waals surface area contributed by atoms with Crippen molar-refractivity contribution in [2.75, 3.05) is 5.75 Å². The van der Waals surface area contributed by atoms with Gasteiger partial charge in [-0.2, -0.15) is 0 Å². The van der Waals surface area contributed by atoms with Crippen LogP contribution in [-0.2, 0) is 19.0 Å². The Kier molecular flexibility index (Phi) is 8.07. The second-order valence-corrected chi connectivity index (χ2v) is 3.68. The second kappa shape index (κ2) is 7.77. The van der Waals surface area contributed by atoms with E-state index < -0.39 is 0 Å². The summed E-state index contributed by atoms with van der Waals surface area (Å²) in [6, 6.07) is 8.39. The molecule has 0 bridgehead atoms. The first kappa shape index (κ1) is 14.5. The van der Waals surface area contributed by atoms with Gasteiger partial charge in [0.05, 0.1) is 0 Å². The van der Waals surface area contributed by atoms with Gasteiger partial charge in [-0.25, -0.2) is 0 Å². The predicted octanol–water partition coefficient (Wildman–Crippen LogP) is -1.16. The third-order valence-electron chi connectivity index (χ3n) is 2.08. The van der Waals surface area contributed by atoms with Gasteiger partial charge in [-0.3, -0.25) is 0 Å². The van der Waals surface area contributed by atoms with Crippen LogP contribution in [0, 0.1) is 6.92 Å². The zero-order valence-electron chi connectivity index (χ0n) is 8.86. The fourth-order valence-electron chi connectivity index (χ4n) is 1.17. The van der Waals surface area contributed by atoms with Gasteiger partial charge in [0.15, 0.2) is 0 Å². The number of aryl methyl sites for hydroxylation is 2. The number of hydrogen-bond acceptors (Lipinski definition) is 2. The Morgan fingerprint density at radius 1 is 1.29 bits per heavy atom. The molecule has 0 fully saturated rings. The van der Waals surface area contributed by atoms with Crippen LogP contribution in [0.15, 0.2) is 24.3 Å². The molecule has 1 N–H and O–H groups in total. The molecule has 1 unspecified atom stereocenters. The topological polar surface area (TPSA) is 20.2 Å². The quantitative estimate of drug-likeness (QED) is 0.508. The molecule has 1 nitrogen and oxygen atoms in total. The number of aliphatic hydroxyl groups excluding tert-OH is 1. The molecular weight excluding hydrogens is 203 g/mol. The fraction of sp³-hybridized carbons (Fsp3) is 0.455. The van der Waals surface area contributed by atoms with Crippen LogP contribution in [0.3, 0.4) is 0 Å². The maximum absolute atomic E-state index is 9.27. The van der Waals surface area contributed by atoms with Gasteiger partial charge in [0.1, 0.15) is 0 Å². The molecule has 0 radical (unpaired) electrons. The van der Waals surface area contributed by atoms with Crippen molar-refractivity contribution in [3.05, 3.63) is 35.4 Å². The van der Waals surface area contributed by atoms with E-state index in [2.05, 4.69) is 31.2 Å². The molecule has 1 aromatic rings. The van der Waals surface area contributed by atoms with E-state index in [1.54, 1.807) is 0 Å². The minimum Gasteiger partial charge on any atom is -0.790 e. The molecule has 1 aromatic carbocycles. The van der Waals surface area contributed by atoms with Crippen LogP contribution >= 0.6 is 0 Å². The maximum Gasteiger partial charge on any atom is 1.00 e. The molecule has 0 saturated carbocycles. The molecule has 0 aliphatic rings. The van der Waals surface area contributed by atoms with Gasteiger partial charge >= 0.3 is 29.6 Å². The van der Waals surface area contributed by atoms with Crippen LogP contribution < -0.4 is 29.6 Å². The molecule has 72 valence electrons. The van der Waals surface area contributed by atoms with E-state index in [4.69, 9.17) is 12.6 Å². The summed E-state index contributed by atoms with van der Waals surface area (Å²) in [6.45, 7) is 2.07. The molecule has 0 saturated heterocycles. The van der Waals surface area contributed by atoms with Crippen LogP contribution in [0.1, 0.15) is 17.5 Å². The zero-order chi connectivity index (χ0) is 9.68. The molecule has 0 aliphatic heterocycles. The van der Waals surface area contributed by atoms with Crippen molar-refractivity contribution < 1.29 is 34.7 Å². The average molecular weight is 218 g/mol. The first-order valence-corrected chi connectivity index (χ1v) is 5.12. The van der Waals surface area contributed by atoms with Gasteiger partial charge in [-0.1, -0.05) is 29.8 Å². The van der Waals surface area contributed by atoms with Gasteiger partial charge < -0.3 is 17.7 Å². The van der Waals surface area contributed by atoms with E-state index in [1.807, 2.05) is 0 Å². The average Bonchev–Trinajstić information content (AvgIpc) is 2.16. The van der Waals surface area contributed by atoms with Crippen LogP contribution in [0.5, 0.6) is 0 Å². The standard InChI is InChI=1S/C11H16OS.Na/c1-9-2-4-10(5-3-9)6-7-11(12)8-13;/h2-5,11-13H,6-8H2,1H3;/q;+1/p-1. The smallest absolute Gasteiger partial charge is 0.790 e. The Morgan fingerprint density at radius 2 is 1.86 bits per heavy atom. The van der Waals surface area contributed by atoms with Gasteiger partial charge in [-0.05, 0) is 25.3 Å². The van der Waals surface area contributed by atoms with Crippen molar-refractivity contribution in [3.63, 3.8) is 0 Å². The molecule has 1 atom stereocenters. The van der Waals surface area contributed by atoms with Crippen molar-refractivity contribution in [1.82, 2.24) is 0 Å². The van der Waals surface area contributed by atoms with Crippen molar-refractivity contribution in [1.29, 1.82) is 0 Å². The zero-order valence-corrected chi connectivity index (χ0v) is 11.7. The van der Waals surface area contributed by atoms with E-state index in [9.17, 15) is 5.11 Å². The Morgan fingerprint density at radius 3 is 2.36 bits per heavy atom. The minimum atomic E-state index is -0.323. The number of rotatable bonds is 4. The third-order valence-corrected chi connectivity index (χ3v) is 2.46. The summed E-state index contributed by atoms with van der Waals surface area (Å²) in [4.78, 5) is 0. The predicted molar refractivity (Wildman–Crippen MR) is 57.7 cm³/mol. The van der Waals surface area contributed by atoms with Crippen LogP contribution in [0.25, 0.3) is 0 Å². The van der Waals surface area contributed by atoms with E-state index in [-0.39, 0.29) is 35.7 Å². The number of aliphatic hydroxyl groups is 1. The van der Waals surface area contributed by atoms with Crippen molar-refractivity contribution in [3.8, 4) is 0 Å². The normalized spacial score (nSPS) is 11.9. The molecular formula is C11H15NaOS. The van der Waals surface area contributed by atoms with Gasteiger partial charge in [0.2, 0.25) is 0 Å². The van der Waals surface area contributed by atoms with Crippen molar-refractivity contribution in [2.45, 2.75) is 25.9 Å². The molecule has 3 heteroatoms. The summed E-state index contributed by atoms with van der Waals surface area (Å²) in [5.74, 6) is 0.436. The van der Waals surface area contributed by atoms with Crippen molar-refractivity contribution >= 4 is 12.6 Å². The summed E-state index contributed by atoms with van der Waals surface area (Å²) in [7, 11) is 0. The van der Waals surface area contributed by atoms with Gasteiger partial charge in [0.25, 0.3) is 0 Å². The monoisotopic (exact) mass is 218 g/mol. The van der Waals surface area contributed by atoms with E-state index in [1.165, 1.54) is 11.1 Å². The minimum absolute atomic E-state index is 0. The molecule has 1 rings (SSSR count). The Balaban J connectivity index is 0.00000169. The van der Waals surface area contributed by atoms with E-state index >= 15 is 0 Å². The number of hydrogen-bond donors (Lipinski definition) is 1. The SMILES string of the molecule is Cc1ccc(CCC(O)C[S-])cc1.[Na+]. The summed E-state index contributed by atoms with van der Waals surface area (Å²) in [5, 5.41) is 9.27. The van der Waals surface area contributed by atoms with E-state index in [0.717, 1.165) is 12.8 Å². The first-order valence-electron chi connectivity index (χ1n) is 4.54. The third kappa shape index (κ3) is 5.42. The fourth-order valence-corrected chi connectivity index (χ4v) is 1.34. The van der Waals surface area contributed by atoms with Crippen molar-refractivity contribution in [2.24, 2.45) is 0 Å². The molecule has 0 aromatic heterocycles. The number of benzene rings is 1. The van der Waals surface area contributed by atoms with Crippen LogP contribution in [0.2, 0.25) is 0 Å². The second-order valence-electron chi connectivity index (χ2n) is 3.34. The maximum atomic E-state index is 9.27. The van der Waals surface area contributed by atoms with Crippen LogP contribution in [-0.4, -0.2) is 17.0 Å². The molecule has 0 spiro atoms.